The number of phosphoric acid groups is 1. The van der Waals surface area contributed by atoms with Crippen LogP contribution in [-0.4, -0.2) is 66.5 Å². The van der Waals surface area contributed by atoms with Crippen LogP contribution in [0.5, 0.6) is 0 Å². The predicted molar refractivity (Wildman–Crippen MR) is 307 cm³/mol. The smallest absolute Gasteiger partial charge is 0.462 e. The van der Waals surface area contributed by atoms with E-state index in [-0.39, 0.29) is 25.9 Å². The van der Waals surface area contributed by atoms with E-state index in [2.05, 4.69) is 93.7 Å². The molecular weight excluding hydrogens is 952 g/mol. The largest absolute Gasteiger partial charge is 0.472 e. The van der Waals surface area contributed by atoms with E-state index < -0.39 is 57.8 Å². The number of hydrogen-bond donors (Lipinski definition) is 2. The Morgan fingerprint density at radius 2 is 0.703 bits per heavy atom. The predicted octanol–water partition coefficient (Wildman–Crippen LogP) is 17.7. The first-order valence-electron chi connectivity index (χ1n) is 29.8. The van der Waals surface area contributed by atoms with Crippen LogP contribution in [0.4, 0.5) is 0 Å². The van der Waals surface area contributed by atoms with Gasteiger partial charge in [0.05, 0.1) is 19.8 Å². The zero-order valence-corrected chi connectivity index (χ0v) is 48.2. The minimum Gasteiger partial charge on any atom is -0.462 e. The molecule has 0 aromatic heterocycles. The van der Waals surface area contributed by atoms with Gasteiger partial charge in [-0.1, -0.05) is 209 Å². The van der Waals surface area contributed by atoms with E-state index in [0.717, 1.165) is 103 Å². The molecule has 0 aliphatic rings. The fraction of sp³-hybridized carbons (Fsp3) is 0.758. The van der Waals surface area contributed by atoms with E-state index in [1.165, 1.54) is 103 Å². The third-order valence-corrected chi connectivity index (χ3v) is 13.5. The van der Waals surface area contributed by atoms with Crippen molar-refractivity contribution < 1.29 is 52.2 Å². The monoisotopic (exact) mass is 1060 g/mol. The molecule has 3 unspecified atom stereocenters. The number of esters is 3. The van der Waals surface area contributed by atoms with Crippen molar-refractivity contribution in [3.63, 3.8) is 0 Å². The van der Waals surface area contributed by atoms with Crippen molar-refractivity contribution in [2.24, 2.45) is 0 Å². The highest BCUT2D eigenvalue weighted by atomic mass is 31.2. The normalized spacial score (nSPS) is 13.9. The number of rotatable bonds is 55. The topological polar surface area (TPSA) is 155 Å². The molecule has 0 aromatic rings. The molecule has 0 aliphatic heterocycles. The molecule has 0 aliphatic carbocycles. The van der Waals surface area contributed by atoms with Crippen LogP contribution in [-0.2, 0) is 42.2 Å². The summed E-state index contributed by atoms with van der Waals surface area (Å²) < 4.78 is 39.5. The molecular formula is C62H109O11P. The summed E-state index contributed by atoms with van der Waals surface area (Å²) in [5.74, 6) is -1.50. The fourth-order valence-corrected chi connectivity index (χ4v) is 8.83. The Bertz CT molecular complexity index is 1520. The van der Waals surface area contributed by atoms with Crippen LogP contribution in [0.3, 0.4) is 0 Å². The van der Waals surface area contributed by atoms with Crippen molar-refractivity contribution >= 4 is 25.7 Å². The Balaban J connectivity index is 4.76. The number of hydrogen-bond acceptors (Lipinski definition) is 10. The van der Waals surface area contributed by atoms with E-state index >= 15 is 0 Å². The van der Waals surface area contributed by atoms with Gasteiger partial charge in [0.1, 0.15) is 12.7 Å². The number of aliphatic hydroxyl groups is 1. The Morgan fingerprint density at radius 3 is 1.14 bits per heavy atom. The molecule has 3 atom stereocenters. The molecule has 0 amide bonds. The summed E-state index contributed by atoms with van der Waals surface area (Å²) in [6, 6.07) is 0. The lowest BCUT2D eigenvalue weighted by Gasteiger charge is -2.21. The second-order valence-corrected chi connectivity index (χ2v) is 21.2. The number of carbonyl (C=O) groups excluding carboxylic acids is 3. The molecule has 74 heavy (non-hydrogen) atoms. The standard InChI is InChI=1S/C62H109O11P/c1-4-7-10-13-16-19-22-25-27-29-31-34-36-39-42-45-48-51-60(64)69-55-59(73-62(66)53-50-47-44-41-38-35-32-30-28-26-23-20-17-14-11-8-5-2)57-71-74(67,68)70-56-58(54-63)72-61(65)52-49-46-43-40-37-33-24-21-18-15-12-9-6-3/h9,12,17-18,20-21,25-28,33,37,58-59,63H,4-8,10-11,13-16,19,22-24,29-32,34-36,38-57H2,1-3H3,(H,67,68)/b12-9-,20-17-,21-18-,27-25-,28-26-,37-33-. The van der Waals surface area contributed by atoms with Gasteiger partial charge in [0.15, 0.2) is 6.10 Å². The third-order valence-electron chi connectivity index (χ3n) is 12.6. The van der Waals surface area contributed by atoms with E-state index in [0.29, 0.717) is 19.3 Å². The molecule has 0 rings (SSSR count). The van der Waals surface area contributed by atoms with Gasteiger partial charge < -0.3 is 24.2 Å². The van der Waals surface area contributed by atoms with Crippen molar-refractivity contribution in [1.29, 1.82) is 0 Å². The molecule has 0 saturated heterocycles. The molecule has 0 saturated carbocycles. The number of unbranched alkanes of at least 4 members (excludes halogenated alkanes) is 26. The molecule has 0 spiro atoms. The molecule has 11 nitrogen and oxygen atoms in total. The van der Waals surface area contributed by atoms with E-state index in [4.69, 9.17) is 23.3 Å². The zero-order chi connectivity index (χ0) is 54.1. The van der Waals surface area contributed by atoms with E-state index in [1.807, 2.05) is 0 Å². The van der Waals surface area contributed by atoms with Gasteiger partial charge in [0.25, 0.3) is 0 Å². The highest BCUT2D eigenvalue weighted by Gasteiger charge is 2.28. The molecule has 0 heterocycles. The molecule has 2 N–H and O–H groups in total. The van der Waals surface area contributed by atoms with E-state index in [1.54, 1.807) is 0 Å². The maximum atomic E-state index is 12.9. The minimum atomic E-state index is -4.76. The maximum absolute atomic E-state index is 12.9. The second kappa shape index (κ2) is 56.1. The average molecular weight is 1060 g/mol. The van der Waals surface area contributed by atoms with Gasteiger partial charge >= 0.3 is 25.7 Å². The first-order valence-corrected chi connectivity index (χ1v) is 31.3. The fourth-order valence-electron chi connectivity index (χ4n) is 8.04. The van der Waals surface area contributed by atoms with Crippen LogP contribution in [0.1, 0.15) is 265 Å². The number of aliphatic hydroxyl groups excluding tert-OH is 1. The number of ether oxygens (including phenoxy) is 3. The van der Waals surface area contributed by atoms with Gasteiger partial charge in [-0.25, -0.2) is 4.57 Å². The van der Waals surface area contributed by atoms with Gasteiger partial charge in [-0.3, -0.25) is 23.4 Å². The van der Waals surface area contributed by atoms with Gasteiger partial charge in [0, 0.05) is 19.3 Å². The lowest BCUT2D eigenvalue weighted by atomic mass is 10.1. The summed E-state index contributed by atoms with van der Waals surface area (Å²) in [5, 5.41) is 9.81. The zero-order valence-electron chi connectivity index (χ0n) is 47.3. The van der Waals surface area contributed by atoms with Gasteiger partial charge in [-0.05, 0) is 109 Å². The summed E-state index contributed by atoms with van der Waals surface area (Å²) in [6.45, 7) is 4.47. The summed E-state index contributed by atoms with van der Waals surface area (Å²) in [7, 11) is -4.76. The first kappa shape index (κ1) is 70.9. The summed E-state index contributed by atoms with van der Waals surface area (Å²) in [5.41, 5.74) is 0. The summed E-state index contributed by atoms with van der Waals surface area (Å²) in [4.78, 5) is 48.6. The first-order chi connectivity index (χ1) is 36.2. The molecule has 428 valence electrons. The minimum absolute atomic E-state index is 0.140. The highest BCUT2D eigenvalue weighted by Crippen LogP contribution is 2.43. The van der Waals surface area contributed by atoms with Crippen LogP contribution in [0.2, 0.25) is 0 Å². The van der Waals surface area contributed by atoms with Crippen molar-refractivity contribution in [3.8, 4) is 0 Å². The molecule has 0 aromatic carbocycles. The van der Waals surface area contributed by atoms with Crippen molar-refractivity contribution in [2.75, 3.05) is 26.4 Å². The Kier molecular flexibility index (Phi) is 53.8. The van der Waals surface area contributed by atoms with Crippen LogP contribution in [0.25, 0.3) is 0 Å². The van der Waals surface area contributed by atoms with Crippen LogP contribution in [0.15, 0.2) is 72.9 Å². The van der Waals surface area contributed by atoms with Gasteiger partial charge in [-0.15, -0.1) is 0 Å². The Hall–Kier alpha value is -3.08. The van der Waals surface area contributed by atoms with Crippen LogP contribution >= 0.6 is 7.82 Å². The third kappa shape index (κ3) is 53.7. The van der Waals surface area contributed by atoms with Crippen LogP contribution in [0, 0.1) is 0 Å². The lowest BCUT2D eigenvalue weighted by Crippen LogP contribution is -2.30. The number of carbonyl (C=O) groups is 3. The van der Waals surface area contributed by atoms with E-state index in [9.17, 15) is 28.9 Å². The van der Waals surface area contributed by atoms with Gasteiger partial charge in [-0.2, -0.15) is 0 Å². The molecule has 0 radical (unpaired) electrons. The second-order valence-electron chi connectivity index (χ2n) is 19.8. The maximum Gasteiger partial charge on any atom is 0.472 e. The van der Waals surface area contributed by atoms with Crippen molar-refractivity contribution in [1.82, 2.24) is 0 Å². The number of allylic oxidation sites excluding steroid dienone is 12. The average Bonchev–Trinajstić information content (AvgIpc) is 3.39. The highest BCUT2D eigenvalue weighted by molar-refractivity contribution is 7.47. The molecule has 0 bridgehead atoms. The van der Waals surface area contributed by atoms with Gasteiger partial charge in [0.2, 0.25) is 0 Å². The summed E-state index contributed by atoms with van der Waals surface area (Å²) in [6.07, 6.45) is 62.9. The SMILES string of the molecule is CC/C=C\C/C=C\C/C=C\CCCCCC(=O)OC(CO)COP(=O)(O)OCC(COC(=O)CCCCCCCCC/C=C\CCCCCCCC)OC(=O)CCCCCCCCC/C=C\C/C=C\CCCCC. The van der Waals surface area contributed by atoms with Crippen molar-refractivity contribution in [3.05, 3.63) is 72.9 Å². The molecule has 0 fully saturated rings. The Morgan fingerprint density at radius 1 is 0.392 bits per heavy atom. The Labute approximate surface area is 452 Å². The summed E-state index contributed by atoms with van der Waals surface area (Å²) >= 11 is 0. The quantitative estimate of drug-likeness (QED) is 0.0197. The van der Waals surface area contributed by atoms with Crippen LogP contribution < -0.4 is 0 Å². The number of phosphoric ester groups is 1. The lowest BCUT2D eigenvalue weighted by molar-refractivity contribution is -0.161. The van der Waals surface area contributed by atoms with Crippen molar-refractivity contribution in [2.45, 2.75) is 277 Å². The molecule has 12 heteroatoms.